The van der Waals surface area contributed by atoms with E-state index >= 15 is 0 Å². The third kappa shape index (κ3) is 2.58. The molecule has 0 saturated heterocycles. The van der Waals surface area contributed by atoms with E-state index in [9.17, 15) is 0 Å². The predicted molar refractivity (Wildman–Crippen MR) is 137 cm³/mol. The summed E-state index contributed by atoms with van der Waals surface area (Å²) in [5, 5.41) is 9.47. The maximum atomic E-state index is 7.42. The van der Waals surface area contributed by atoms with Crippen molar-refractivity contribution in [2.45, 2.75) is 31.2 Å². The minimum Gasteiger partial charge on any atom is -0.321 e. The molecular formula is C30H27N3. The van der Waals surface area contributed by atoms with Gasteiger partial charge in [-0.3, -0.25) is 5.01 Å². The molecule has 0 radical (unpaired) electrons. The van der Waals surface area contributed by atoms with Crippen molar-refractivity contribution in [1.82, 2.24) is 5.01 Å². The van der Waals surface area contributed by atoms with Gasteiger partial charge < -0.3 is 5.73 Å². The van der Waals surface area contributed by atoms with Crippen molar-refractivity contribution in [3.8, 4) is 0 Å². The van der Waals surface area contributed by atoms with Gasteiger partial charge in [0, 0.05) is 22.9 Å². The Hall–Kier alpha value is -3.40. The Morgan fingerprint density at radius 3 is 2.52 bits per heavy atom. The molecule has 1 saturated carbocycles. The minimum absolute atomic E-state index is 0.0874. The van der Waals surface area contributed by atoms with Crippen molar-refractivity contribution in [1.29, 1.82) is 0 Å². The molecular weight excluding hydrogens is 402 g/mol. The second-order valence-electron chi connectivity index (χ2n) is 10.1. The molecule has 162 valence electrons. The third-order valence-corrected chi connectivity index (χ3v) is 8.25. The highest BCUT2D eigenvalue weighted by Crippen LogP contribution is 2.59. The number of allylic oxidation sites excluding steroid dienone is 4. The lowest BCUT2D eigenvalue weighted by molar-refractivity contribution is 0.203. The summed E-state index contributed by atoms with van der Waals surface area (Å²) in [4.78, 5) is 0. The van der Waals surface area contributed by atoms with Crippen LogP contribution in [0.1, 0.15) is 31.2 Å². The number of hydrogen-bond donors (Lipinski definition) is 2. The first-order valence-electron chi connectivity index (χ1n) is 11.8. The van der Waals surface area contributed by atoms with E-state index < -0.39 is 5.54 Å². The lowest BCUT2D eigenvalue weighted by Crippen LogP contribution is -2.48. The molecule has 4 aromatic carbocycles. The minimum atomic E-state index is -0.424. The van der Waals surface area contributed by atoms with E-state index in [0.717, 1.165) is 25.7 Å². The highest BCUT2D eigenvalue weighted by Gasteiger charge is 2.52. The fourth-order valence-electron chi connectivity index (χ4n) is 6.69. The number of hydrogen-bond acceptors (Lipinski definition) is 3. The topological polar surface area (TPSA) is 55.3 Å². The molecule has 2 aliphatic carbocycles. The van der Waals surface area contributed by atoms with E-state index in [1.54, 1.807) is 0 Å². The zero-order valence-corrected chi connectivity index (χ0v) is 18.6. The van der Waals surface area contributed by atoms with Crippen LogP contribution in [0.4, 0.5) is 0 Å². The number of nitrogens with two attached hydrogens (primary N) is 2. The quantitative estimate of drug-likeness (QED) is 0.209. The molecule has 1 spiro atoms. The second-order valence-corrected chi connectivity index (χ2v) is 10.1. The van der Waals surface area contributed by atoms with E-state index in [2.05, 4.69) is 91.2 Å². The summed E-state index contributed by atoms with van der Waals surface area (Å²) in [6, 6.07) is 24.4. The molecule has 3 nitrogen and oxygen atoms in total. The summed E-state index contributed by atoms with van der Waals surface area (Å²) in [5.74, 6) is 6.40. The van der Waals surface area contributed by atoms with Crippen LogP contribution >= 0.6 is 0 Å². The summed E-state index contributed by atoms with van der Waals surface area (Å²) in [5.41, 5.74) is 10.8. The Balaban J connectivity index is 1.47. The van der Waals surface area contributed by atoms with Crippen LogP contribution in [0.25, 0.3) is 32.3 Å². The Bertz CT molecular complexity index is 1560. The molecule has 3 heteroatoms. The lowest BCUT2D eigenvalue weighted by atomic mass is 9.59. The Kier molecular flexibility index (Phi) is 3.80. The van der Waals surface area contributed by atoms with E-state index in [1.165, 1.54) is 49.2 Å². The number of hydrazine groups is 1. The van der Waals surface area contributed by atoms with Crippen LogP contribution in [-0.4, -0.2) is 5.01 Å². The molecule has 33 heavy (non-hydrogen) atoms. The molecule has 4 aromatic rings. The van der Waals surface area contributed by atoms with Crippen LogP contribution in [0, 0.1) is 5.41 Å². The van der Waals surface area contributed by atoms with Crippen LogP contribution in [-0.2, 0) is 5.54 Å². The van der Waals surface area contributed by atoms with Crippen LogP contribution in [0.15, 0.2) is 102 Å². The van der Waals surface area contributed by atoms with Gasteiger partial charge in [-0.25, -0.2) is 5.84 Å². The van der Waals surface area contributed by atoms with E-state index in [1.807, 2.05) is 5.01 Å². The molecule has 1 aliphatic heterocycles. The van der Waals surface area contributed by atoms with Crippen molar-refractivity contribution < 1.29 is 0 Å². The maximum Gasteiger partial charge on any atom is 0.0449 e. The SMILES string of the molecule is NN1C=C2CCC(N)(c3cccc4ccc5cc6ccccc6cc5c34)CC23CC=CC=C13. The largest absolute Gasteiger partial charge is 0.321 e. The molecule has 7 rings (SSSR count). The van der Waals surface area contributed by atoms with Crippen LogP contribution < -0.4 is 11.6 Å². The first-order chi connectivity index (χ1) is 16.1. The number of nitrogens with zero attached hydrogens (tertiary/aromatic N) is 1. The van der Waals surface area contributed by atoms with Gasteiger partial charge >= 0.3 is 0 Å². The van der Waals surface area contributed by atoms with Crippen LogP contribution in [0.5, 0.6) is 0 Å². The molecule has 3 aliphatic rings. The van der Waals surface area contributed by atoms with Gasteiger partial charge in [-0.2, -0.15) is 0 Å². The van der Waals surface area contributed by atoms with Crippen LogP contribution in [0.3, 0.4) is 0 Å². The number of rotatable bonds is 1. The number of benzene rings is 4. The van der Waals surface area contributed by atoms with Crippen LogP contribution in [0.2, 0.25) is 0 Å². The Morgan fingerprint density at radius 2 is 1.64 bits per heavy atom. The lowest BCUT2D eigenvalue weighted by Gasteiger charge is -2.47. The summed E-state index contributed by atoms with van der Waals surface area (Å²) >= 11 is 0. The molecule has 1 heterocycles. The van der Waals surface area contributed by atoms with Gasteiger partial charge in [0.05, 0.1) is 0 Å². The number of fused-ring (bicyclic) bond motifs is 4. The Morgan fingerprint density at radius 1 is 0.848 bits per heavy atom. The highest BCUT2D eigenvalue weighted by molar-refractivity contribution is 6.13. The summed E-state index contributed by atoms with van der Waals surface area (Å²) in [6.07, 6.45) is 12.4. The van der Waals surface area contributed by atoms with Gasteiger partial charge in [-0.1, -0.05) is 66.7 Å². The summed E-state index contributed by atoms with van der Waals surface area (Å²) < 4.78 is 0. The van der Waals surface area contributed by atoms with Gasteiger partial charge in [0.2, 0.25) is 0 Å². The van der Waals surface area contributed by atoms with Crippen molar-refractivity contribution in [2.24, 2.45) is 17.0 Å². The van der Waals surface area contributed by atoms with Crippen molar-refractivity contribution in [3.05, 3.63) is 108 Å². The maximum absolute atomic E-state index is 7.42. The average Bonchev–Trinajstić information content (AvgIpc) is 3.13. The van der Waals surface area contributed by atoms with Gasteiger partial charge in [-0.05, 0) is 87.3 Å². The molecule has 2 unspecified atom stereocenters. The summed E-state index contributed by atoms with van der Waals surface area (Å²) in [7, 11) is 0. The monoisotopic (exact) mass is 429 g/mol. The smallest absolute Gasteiger partial charge is 0.0449 e. The van der Waals surface area contributed by atoms with Gasteiger partial charge in [0.25, 0.3) is 0 Å². The standard InChI is InChI=1S/C30H27N3/c31-30(15-13-24-18-33(32)27-10-3-4-14-29(24,27)19-30)26-9-5-8-20-11-12-23-16-21-6-1-2-7-22(21)17-25(23)28(20)26/h1-12,16-18H,13-15,19,31-32H2. The molecule has 2 atom stereocenters. The average molecular weight is 430 g/mol. The molecule has 4 N–H and O–H groups in total. The zero-order valence-electron chi connectivity index (χ0n) is 18.6. The molecule has 0 bridgehead atoms. The fourth-order valence-corrected chi connectivity index (χ4v) is 6.69. The highest BCUT2D eigenvalue weighted by atomic mass is 15.4. The van der Waals surface area contributed by atoms with E-state index in [0.29, 0.717) is 0 Å². The molecule has 1 fully saturated rings. The van der Waals surface area contributed by atoms with Gasteiger partial charge in [-0.15, -0.1) is 0 Å². The zero-order chi connectivity index (χ0) is 22.2. The second kappa shape index (κ2) is 6.57. The van der Waals surface area contributed by atoms with Crippen molar-refractivity contribution in [2.75, 3.05) is 0 Å². The van der Waals surface area contributed by atoms with Gasteiger partial charge in [0.1, 0.15) is 0 Å². The first kappa shape index (κ1) is 19.1. The first-order valence-corrected chi connectivity index (χ1v) is 11.8. The summed E-state index contributed by atoms with van der Waals surface area (Å²) in [6.45, 7) is 0. The van der Waals surface area contributed by atoms with E-state index in [4.69, 9.17) is 11.6 Å². The predicted octanol–water partition coefficient (Wildman–Crippen LogP) is 6.39. The third-order valence-electron chi connectivity index (χ3n) is 8.25. The van der Waals surface area contributed by atoms with Crippen molar-refractivity contribution >= 4 is 32.3 Å². The van der Waals surface area contributed by atoms with Crippen molar-refractivity contribution in [3.63, 3.8) is 0 Å². The molecule has 0 amide bonds. The fraction of sp³-hybridized carbons (Fsp3) is 0.200. The van der Waals surface area contributed by atoms with E-state index in [-0.39, 0.29) is 5.41 Å². The molecule has 0 aromatic heterocycles. The Labute approximate surface area is 193 Å². The normalized spacial score (nSPS) is 26.4. The van der Waals surface area contributed by atoms with Gasteiger partial charge in [0.15, 0.2) is 0 Å².